The van der Waals surface area contributed by atoms with Gasteiger partial charge in [0.15, 0.2) is 11.6 Å². The van der Waals surface area contributed by atoms with Crippen LogP contribution in [0.2, 0.25) is 0 Å². The first-order valence-electron chi connectivity index (χ1n) is 8.30. The molecule has 10 heteroatoms. The molecule has 0 aromatic heterocycles. The first-order chi connectivity index (χ1) is 13.3. The molecule has 2 aromatic rings. The van der Waals surface area contributed by atoms with Crippen LogP contribution in [0.25, 0.3) is 0 Å². The fourth-order valence-electron chi connectivity index (χ4n) is 2.15. The summed E-state index contributed by atoms with van der Waals surface area (Å²) in [5.74, 6) is -1.47. The first kappa shape index (κ1) is 21.6. The van der Waals surface area contributed by atoms with Crippen LogP contribution in [0, 0.1) is 11.6 Å². The van der Waals surface area contributed by atoms with E-state index in [0.29, 0.717) is 17.6 Å². The van der Waals surface area contributed by atoms with E-state index < -0.39 is 26.6 Å². The zero-order chi connectivity index (χ0) is 20.6. The van der Waals surface area contributed by atoms with Crippen molar-refractivity contribution in [3.05, 3.63) is 54.1 Å². The summed E-state index contributed by atoms with van der Waals surface area (Å²) in [6, 6.07) is 9.19. The third-order valence-corrected chi connectivity index (χ3v) is 5.06. The van der Waals surface area contributed by atoms with E-state index in [1.165, 1.54) is 0 Å². The number of hydrogen-bond acceptors (Lipinski definition) is 5. The van der Waals surface area contributed by atoms with Gasteiger partial charge in [-0.05, 0) is 42.5 Å². The Morgan fingerprint density at radius 3 is 2.32 bits per heavy atom. The Labute approximate surface area is 161 Å². The highest BCUT2D eigenvalue weighted by Crippen LogP contribution is 2.16. The number of halogens is 2. The minimum Gasteiger partial charge on any atom is -0.497 e. The molecular formula is C18H20F2N2O5S. The van der Waals surface area contributed by atoms with E-state index in [-0.39, 0.29) is 32.0 Å². The monoisotopic (exact) mass is 414 g/mol. The molecule has 0 saturated heterocycles. The van der Waals surface area contributed by atoms with Gasteiger partial charge >= 0.3 is 0 Å². The van der Waals surface area contributed by atoms with Crippen molar-refractivity contribution < 1.29 is 31.5 Å². The Bertz CT molecular complexity index is 905. The van der Waals surface area contributed by atoms with Crippen molar-refractivity contribution in [2.24, 2.45) is 0 Å². The molecule has 2 N–H and O–H groups in total. The molecular weight excluding hydrogens is 394 g/mol. The van der Waals surface area contributed by atoms with Crippen LogP contribution < -0.4 is 19.5 Å². The maximum Gasteiger partial charge on any atom is 0.240 e. The molecule has 1 amide bonds. The standard InChI is InChI=1S/C18H20F2N2O5S/c1-26-13-2-4-14(5-3-13)27-11-10-21-18(23)8-9-22-28(24,25)15-6-7-16(19)17(20)12-15/h2-7,12,22H,8-11H2,1H3,(H,21,23). The minimum atomic E-state index is -4.03. The number of carbonyl (C=O) groups excluding carboxylic acids is 1. The number of carbonyl (C=O) groups is 1. The Balaban J connectivity index is 1.68. The average Bonchev–Trinajstić information content (AvgIpc) is 2.67. The topological polar surface area (TPSA) is 93.7 Å². The number of benzene rings is 2. The lowest BCUT2D eigenvalue weighted by atomic mass is 10.3. The third kappa shape index (κ3) is 6.46. The molecule has 0 aliphatic heterocycles. The molecule has 0 spiro atoms. The van der Waals surface area contributed by atoms with Crippen LogP contribution >= 0.6 is 0 Å². The second-order valence-electron chi connectivity index (χ2n) is 5.60. The van der Waals surface area contributed by atoms with Crippen molar-refractivity contribution in [2.45, 2.75) is 11.3 Å². The first-order valence-corrected chi connectivity index (χ1v) is 9.78. The largest absolute Gasteiger partial charge is 0.497 e. The number of ether oxygens (including phenoxy) is 2. The zero-order valence-corrected chi connectivity index (χ0v) is 15.9. The van der Waals surface area contributed by atoms with Crippen molar-refractivity contribution in [1.82, 2.24) is 10.0 Å². The number of methoxy groups -OCH3 is 1. The van der Waals surface area contributed by atoms with Crippen molar-refractivity contribution in [3.63, 3.8) is 0 Å². The van der Waals surface area contributed by atoms with Crippen LogP contribution in [0.3, 0.4) is 0 Å². The maximum absolute atomic E-state index is 13.1. The van der Waals surface area contributed by atoms with Crippen LogP contribution in [0.4, 0.5) is 8.78 Å². The highest BCUT2D eigenvalue weighted by atomic mass is 32.2. The van der Waals surface area contributed by atoms with Gasteiger partial charge in [0, 0.05) is 13.0 Å². The summed E-state index contributed by atoms with van der Waals surface area (Å²) < 4.78 is 62.6. The van der Waals surface area contributed by atoms with Gasteiger partial charge < -0.3 is 14.8 Å². The van der Waals surface area contributed by atoms with E-state index in [2.05, 4.69) is 10.0 Å². The second kappa shape index (κ2) is 10.00. The second-order valence-corrected chi connectivity index (χ2v) is 7.36. The summed E-state index contributed by atoms with van der Waals surface area (Å²) in [7, 11) is -2.47. The maximum atomic E-state index is 13.1. The quantitative estimate of drug-likeness (QED) is 0.579. The Morgan fingerprint density at radius 2 is 1.68 bits per heavy atom. The van der Waals surface area contributed by atoms with Gasteiger partial charge in [-0.25, -0.2) is 21.9 Å². The molecule has 0 bridgehead atoms. The number of nitrogens with one attached hydrogen (secondary N) is 2. The smallest absolute Gasteiger partial charge is 0.240 e. The van der Waals surface area contributed by atoms with Crippen LogP contribution in [0.1, 0.15) is 6.42 Å². The Hall–Kier alpha value is -2.72. The molecule has 0 radical (unpaired) electrons. The van der Waals surface area contributed by atoms with E-state index in [4.69, 9.17) is 9.47 Å². The van der Waals surface area contributed by atoms with E-state index in [0.717, 1.165) is 12.1 Å². The summed E-state index contributed by atoms with van der Waals surface area (Å²) in [6.07, 6.45) is -0.120. The summed E-state index contributed by atoms with van der Waals surface area (Å²) in [5, 5.41) is 2.59. The van der Waals surface area contributed by atoms with Gasteiger partial charge in [0.1, 0.15) is 18.1 Å². The molecule has 0 aliphatic carbocycles. The highest BCUT2D eigenvalue weighted by Gasteiger charge is 2.16. The van der Waals surface area contributed by atoms with Gasteiger partial charge in [-0.1, -0.05) is 0 Å². The lowest BCUT2D eigenvalue weighted by Crippen LogP contribution is -2.32. The Kier molecular flexibility index (Phi) is 7.70. The molecule has 0 atom stereocenters. The lowest BCUT2D eigenvalue weighted by Gasteiger charge is -2.09. The Morgan fingerprint density at radius 1 is 1.00 bits per heavy atom. The van der Waals surface area contributed by atoms with Gasteiger partial charge in [0.2, 0.25) is 15.9 Å². The van der Waals surface area contributed by atoms with Crippen molar-refractivity contribution in [1.29, 1.82) is 0 Å². The molecule has 2 aromatic carbocycles. The van der Waals surface area contributed by atoms with E-state index in [1.54, 1.807) is 31.4 Å². The molecule has 152 valence electrons. The number of hydrogen-bond donors (Lipinski definition) is 2. The molecule has 0 aliphatic rings. The van der Waals surface area contributed by atoms with Crippen LogP contribution in [-0.4, -0.2) is 41.1 Å². The molecule has 0 saturated carbocycles. The molecule has 2 rings (SSSR count). The SMILES string of the molecule is COc1ccc(OCCNC(=O)CCNS(=O)(=O)c2ccc(F)c(F)c2)cc1. The molecule has 28 heavy (non-hydrogen) atoms. The summed E-state index contributed by atoms with van der Waals surface area (Å²) in [5.41, 5.74) is 0. The van der Waals surface area contributed by atoms with Gasteiger partial charge in [-0.15, -0.1) is 0 Å². The predicted octanol–water partition coefficient (Wildman–Crippen LogP) is 1.84. The molecule has 0 unspecified atom stereocenters. The lowest BCUT2D eigenvalue weighted by molar-refractivity contribution is -0.121. The molecule has 0 fully saturated rings. The highest BCUT2D eigenvalue weighted by molar-refractivity contribution is 7.89. The van der Waals surface area contributed by atoms with E-state index >= 15 is 0 Å². The fourth-order valence-corrected chi connectivity index (χ4v) is 3.19. The van der Waals surface area contributed by atoms with Gasteiger partial charge in [-0.2, -0.15) is 0 Å². The van der Waals surface area contributed by atoms with E-state index in [1.807, 2.05) is 0 Å². The fraction of sp³-hybridized carbons (Fsp3) is 0.278. The predicted molar refractivity (Wildman–Crippen MR) is 97.7 cm³/mol. The van der Waals surface area contributed by atoms with Crippen LogP contribution in [0.15, 0.2) is 47.4 Å². The molecule has 7 nitrogen and oxygen atoms in total. The summed E-state index contributed by atoms with van der Waals surface area (Å²) in [4.78, 5) is 11.3. The van der Waals surface area contributed by atoms with Crippen molar-refractivity contribution in [3.8, 4) is 11.5 Å². The average molecular weight is 414 g/mol. The number of rotatable bonds is 10. The normalized spacial score (nSPS) is 11.1. The zero-order valence-electron chi connectivity index (χ0n) is 15.1. The number of amides is 1. The number of sulfonamides is 1. The minimum absolute atomic E-state index is 0.120. The van der Waals surface area contributed by atoms with Gasteiger partial charge in [0.05, 0.1) is 18.6 Å². The van der Waals surface area contributed by atoms with Crippen LogP contribution in [-0.2, 0) is 14.8 Å². The van der Waals surface area contributed by atoms with Crippen molar-refractivity contribution in [2.75, 3.05) is 26.8 Å². The summed E-state index contributed by atoms with van der Waals surface area (Å²) in [6.45, 7) is 0.284. The summed E-state index contributed by atoms with van der Waals surface area (Å²) >= 11 is 0. The molecule has 0 heterocycles. The van der Waals surface area contributed by atoms with Crippen molar-refractivity contribution >= 4 is 15.9 Å². The van der Waals surface area contributed by atoms with Gasteiger partial charge in [0.25, 0.3) is 0 Å². The van der Waals surface area contributed by atoms with Crippen LogP contribution in [0.5, 0.6) is 11.5 Å². The third-order valence-electron chi connectivity index (χ3n) is 3.60. The van der Waals surface area contributed by atoms with Gasteiger partial charge in [-0.3, -0.25) is 4.79 Å². The van der Waals surface area contributed by atoms with E-state index in [9.17, 15) is 22.0 Å².